The van der Waals surface area contributed by atoms with Gasteiger partial charge < -0.3 is 10.3 Å². The number of H-pyrrole nitrogens is 1. The van der Waals surface area contributed by atoms with Gasteiger partial charge in [0.25, 0.3) is 5.91 Å². The highest BCUT2D eigenvalue weighted by Crippen LogP contribution is 2.29. The highest BCUT2D eigenvalue weighted by molar-refractivity contribution is 6.08. The van der Waals surface area contributed by atoms with Crippen LogP contribution in [-0.4, -0.2) is 40.7 Å². The summed E-state index contributed by atoms with van der Waals surface area (Å²) >= 11 is 0. The second-order valence-corrected chi connectivity index (χ2v) is 10.1. The number of rotatable bonds is 6. The lowest BCUT2D eigenvalue weighted by Crippen LogP contribution is -2.38. The molecule has 1 aliphatic carbocycles. The summed E-state index contributed by atoms with van der Waals surface area (Å²) in [5.41, 5.74) is 5.29. The van der Waals surface area contributed by atoms with Gasteiger partial charge >= 0.3 is 0 Å². The average Bonchev–Trinajstić information content (AvgIpc) is 3.32. The number of hydrogen-bond donors (Lipinski definition) is 2. The van der Waals surface area contributed by atoms with Gasteiger partial charge in [0.2, 0.25) is 0 Å². The lowest BCUT2D eigenvalue weighted by atomic mass is 9.84. The number of para-hydroxylation sites is 1. The molecule has 5 rings (SSSR count). The van der Waals surface area contributed by atoms with E-state index < -0.39 is 0 Å². The summed E-state index contributed by atoms with van der Waals surface area (Å²) in [4.78, 5) is 30.4. The fourth-order valence-electron chi connectivity index (χ4n) is 5.67. The molecule has 188 valence electrons. The van der Waals surface area contributed by atoms with E-state index in [4.69, 9.17) is 0 Å². The first kappa shape index (κ1) is 25.9. The minimum atomic E-state index is -0.0946. The van der Waals surface area contributed by atoms with Crippen LogP contribution in [0, 0.1) is 17.2 Å². The summed E-state index contributed by atoms with van der Waals surface area (Å²) in [7, 11) is 0. The average molecular weight is 505 g/mol. The van der Waals surface area contributed by atoms with Crippen LogP contribution in [0.1, 0.15) is 76.6 Å². The quantitative estimate of drug-likeness (QED) is 0.440. The van der Waals surface area contributed by atoms with Gasteiger partial charge in [0, 0.05) is 30.1 Å². The number of halogens is 1. The normalized spacial score (nSPS) is 19.7. The summed E-state index contributed by atoms with van der Waals surface area (Å²) in [5, 5.41) is 13.3. The molecule has 1 amide bonds. The molecule has 0 radical (unpaired) electrons. The summed E-state index contributed by atoms with van der Waals surface area (Å²) < 4.78 is 0. The highest BCUT2D eigenvalue weighted by Gasteiger charge is 2.25. The van der Waals surface area contributed by atoms with E-state index in [1.807, 2.05) is 30.3 Å². The van der Waals surface area contributed by atoms with Crippen molar-refractivity contribution in [3.63, 3.8) is 0 Å². The molecular weight excluding hydrogens is 472 g/mol. The number of nitrogens with one attached hydrogen (secondary N) is 2. The first-order valence-corrected chi connectivity index (χ1v) is 12.7. The zero-order valence-corrected chi connectivity index (χ0v) is 21.5. The second-order valence-electron chi connectivity index (χ2n) is 10.1. The molecule has 0 atom stereocenters. The molecule has 6 nitrogen and oxygen atoms in total. The molecule has 1 saturated carbocycles. The van der Waals surface area contributed by atoms with E-state index in [-0.39, 0.29) is 30.1 Å². The van der Waals surface area contributed by atoms with Gasteiger partial charge in [-0.05, 0) is 93.3 Å². The number of Topliss-reactive ketones (excluding diaryl/α,β-unsaturated/α-hetero) is 1. The van der Waals surface area contributed by atoms with Gasteiger partial charge in [-0.2, -0.15) is 5.26 Å². The fourth-order valence-corrected chi connectivity index (χ4v) is 5.67. The number of fused-ring (bicyclic) bond motifs is 2. The van der Waals surface area contributed by atoms with Crippen LogP contribution in [-0.2, 0) is 13.0 Å². The highest BCUT2D eigenvalue weighted by atomic mass is 35.5. The Balaban J connectivity index is 0.00000304. The predicted molar refractivity (Wildman–Crippen MR) is 144 cm³/mol. The largest absolute Gasteiger partial charge is 0.350 e. The Bertz CT molecular complexity index is 1300. The Morgan fingerprint density at radius 3 is 2.67 bits per heavy atom. The smallest absolute Gasteiger partial charge is 0.267 e. The topological polar surface area (TPSA) is 89.0 Å². The molecule has 3 aromatic rings. The minimum Gasteiger partial charge on any atom is -0.350 e. The molecular formula is C29H33ClN4O2. The molecule has 0 spiro atoms. The number of amides is 1. The van der Waals surface area contributed by atoms with Crippen LogP contribution in [0.15, 0.2) is 42.5 Å². The standard InChI is InChI=1S/C29H32N4O2.ClH/c1-19(34)26-4-2-3-23-16-27(32-28(23)26)29(35)31-25-9-6-20(7-10-25)11-13-33-14-12-22-8-5-21(17-30)15-24(22)18-33;/h2-5,8,15-16,20,25,32H,6-7,9-14,18H2,1H3,(H,31,35);1H. The number of benzene rings is 2. The van der Waals surface area contributed by atoms with Crippen molar-refractivity contribution in [2.75, 3.05) is 13.1 Å². The summed E-state index contributed by atoms with van der Waals surface area (Å²) in [6.45, 7) is 4.65. The minimum absolute atomic E-state index is 0. The third-order valence-corrected chi connectivity index (χ3v) is 7.74. The lowest BCUT2D eigenvalue weighted by Gasteiger charge is -2.33. The van der Waals surface area contributed by atoms with E-state index in [0.717, 1.165) is 68.2 Å². The molecule has 36 heavy (non-hydrogen) atoms. The number of hydrogen-bond acceptors (Lipinski definition) is 4. The van der Waals surface area contributed by atoms with Gasteiger partial charge in [0.05, 0.1) is 17.1 Å². The van der Waals surface area contributed by atoms with Crippen molar-refractivity contribution >= 4 is 35.0 Å². The zero-order chi connectivity index (χ0) is 24.4. The molecule has 7 heteroatoms. The maximum absolute atomic E-state index is 12.9. The number of ketones is 1. The SMILES string of the molecule is CC(=O)c1cccc2cc(C(=O)NC3CCC(CCN4CCc5ccc(C#N)cc5C4)CC3)[nH]c12.Cl. The van der Waals surface area contributed by atoms with Crippen LogP contribution in [0.3, 0.4) is 0 Å². The third-order valence-electron chi connectivity index (χ3n) is 7.74. The Hall–Kier alpha value is -3.14. The monoisotopic (exact) mass is 504 g/mol. The number of nitrogens with zero attached hydrogens (tertiary/aromatic N) is 2. The zero-order valence-electron chi connectivity index (χ0n) is 20.7. The maximum atomic E-state index is 12.9. The van der Waals surface area contributed by atoms with Gasteiger partial charge in [0.1, 0.15) is 5.69 Å². The Morgan fingerprint density at radius 1 is 1.11 bits per heavy atom. The molecule has 2 N–H and O–H groups in total. The van der Waals surface area contributed by atoms with Gasteiger partial charge in [0.15, 0.2) is 5.78 Å². The van der Waals surface area contributed by atoms with Crippen LogP contribution in [0.4, 0.5) is 0 Å². The molecule has 2 heterocycles. The summed E-state index contributed by atoms with van der Waals surface area (Å²) in [5.74, 6) is 0.590. The molecule has 2 aromatic carbocycles. The Kier molecular flexibility index (Phi) is 8.13. The predicted octanol–water partition coefficient (Wildman–Crippen LogP) is 5.40. The van der Waals surface area contributed by atoms with Gasteiger partial charge in [-0.15, -0.1) is 12.4 Å². The Morgan fingerprint density at radius 2 is 1.92 bits per heavy atom. The van der Waals surface area contributed by atoms with Crippen molar-refractivity contribution < 1.29 is 9.59 Å². The van der Waals surface area contributed by atoms with E-state index >= 15 is 0 Å². The molecule has 2 aliphatic rings. The van der Waals surface area contributed by atoms with Gasteiger partial charge in [-0.3, -0.25) is 14.5 Å². The van der Waals surface area contributed by atoms with E-state index in [0.29, 0.717) is 17.2 Å². The Labute approximate surface area is 218 Å². The van der Waals surface area contributed by atoms with Crippen molar-refractivity contribution in [3.8, 4) is 6.07 Å². The third kappa shape index (κ3) is 5.64. The molecule has 1 aromatic heterocycles. The molecule has 0 unspecified atom stereocenters. The van der Waals surface area contributed by atoms with Crippen molar-refractivity contribution in [2.24, 2.45) is 5.92 Å². The van der Waals surface area contributed by atoms with Crippen molar-refractivity contribution in [2.45, 2.75) is 58.0 Å². The van der Waals surface area contributed by atoms with Gasteiger partial charge in [-0.1, -0.05) is 18.2 Å². The molecule has 0 bridgehead atoms. The number of aromatic amines is 1. The van der Waals surface area contributed by atoms with Gasteiger partial charge in [-0.25, -0.2) is 0 Å². The lowest BCUT2D eigenvalue weighted by molar-refractivity contribution is 0.0914. The van der Waals surface area contributed by atoms with Crippen molar-refractivity contribution in [3.05, 3.63) is 70.4 Å². The van der Waals surface area contributed by atoms with Crippen molar-refractivity contribution in [1.82, 2.24) is 15.2 Å². The second kappa shape index (κ2) is 11.3. The number of nitriles is 1. The van der Waals surface area contributed by atoms with Crippen LogP contribution in [0.25, 0.3) is 10.9 Å². The van der Waals surface area contributed by atoms with E-state index in [9.17, 15) is 14.9 Å². The number of carbonyl (C=O) groups is 2. The fraction of sp³-hybridized carbons (Fsp3) is 0.414. The number of carbonyl (C=O) groups excluding carboxylic acids is 2. The van der Waals surface area contributed by atoms with Crippen LogP contribution in [0.2, 0.25) is 0 Å². The number of aromatic nitrogens is 1. The first-order valence-electron chi connectivity index (χ1n) is 12.7. The first-order chi connectivity index (χ1) is 17.0. The molecule has 1 aliphatic heterocycles. The van der Waals surface area contributed by atoms with Crippen molar-refractivity contribution in [1.29, 1.82) is 5.26 Å². The van der Waals surface area contributed by atoms with Crippen LogP contribution < -0.4 is 5.32 Å². The summed E-state index contributed by atoms with van der Waals surface area (Å²) in [6.07, 6.45) is 6.52. The molecule has 0 saturated heterocycles. The van der Waals surface area contributed by atoms with Crippen LogP contribution in [0.5, 0.6) is 0 Å². The maximum Gasteiger partial charge on any atom is 0.267 e. The van der Waals surface area contributed by atoms with E-state index in [1.54, 1.807) is 13.0 Å². The summed E-state index contributed by atoms with van der Waals surface area (Å²) in [6, 6.07) is 15.9. The van der Waals surface area contributed by atoms with Crippen LogP contribution >= 0.6 is 12.4 Å². The van der Waals surface area contributed by atoms with E-state index in [2.05, 4.69) is 27.3 Å². The van der Waals surface area contributed by atoms with E-state index in [1.165, 1.54) is 17.5 Å². The molecule has 1 fully saturated rings.